The number of carbonyl (C=O) groups is 1. The van der Waals surface area contributed by atoms with Crippen LogP contribution >= 0.6 is 11.8 Å². The van der Waals surface area contributed by atoms with Crippen molar-refractivity contribution in [3.05, 3.63) is 12.4 Å². The third-order valence-electron chi connectivity index (χ3n) is 1.74. The SMILES string of the molecule is CSCC[C@@H](N)C(=O)Nc1cn[nH]c1. The molecule has 1 amide bonds. The van der Waals surface area contributed by atoms with Crippen LogP contribution in [0.1, 0.15) is 6.42 Å². The van der Waals surface area contributed by atoms with Crippen LogP contribution in [0, 0.1) is 0 Å². The number of anilines is 1. The third-order valence-corrected chi connectivity index (χ3v) is 2.38. The molecule has 1 aromatic rings. The summed E-state index contributed by atoms with van der Waals surface area (Å²) in [4.78, 5) is 11.4. The first-order chi connectivity index (χ1) is 6.74. The number of carbonyl (C=O) groups excluding carboxylic acids is 1. The van der Waals surface area contributed by atoms with Crippen molar-refractivity contribution in [3.63, 3.8) is 0 Å². The molecule has 0 aromatic carbocycles. The molecule has 0 unspecified atom stereocenters. The second kappa shape index (κ2) is 5.66. The quantitative estimate of drug-likeness (QED) is 0.663. The molecule has 1 atom stereocenters. The smallest absolute Gasteiger partial charge is 0.241 e. The largest absolute Gasteiger partial charge is 0.322 e. The molecule has 0 saturated heterocycles. The van der Waals surface area contributed by atoms with Crippen LogP contribution in [0.4, 0.5) is 5.69 Å². The van der Waals surface area contributed by atoms with Crippen LogP contribution in [-0.2, 0) is 4.79 Å². The number of H-pyrrole nitrogens is 1. The Kier molecular flexibility index (Phi) is 4.48. The van der Waals surface area contributed by atoms with E-state index in [1.807, 2.05) is 6.26 Å². The number of amides is 1. The molecule has 0 bridgehead atoms. The minimum absolute atomic E-state index is 0.166. The molecule has 0 aliphatic carbocycles. The van der Waals surface area contributed by atoms with Gasteiger partial charge in [-0.25, -0.2) is 0 Å². The zero-order valence-corrected chi connectivity index (χ0v) is 8.80. The number of rotatable bonds is 5. The van der Waals surface area contributed by atoms with E-state index in [1.165, 1.54) is 0 Å². The zero-order valence-electron chi connectivity index (χ0n) is 7.99. The fraction of sp³-hybridized carbons (Fsp3) is 0.500. The number of aromatic nitrogens is 2. The lowest BCUT2D eigenvalue weighted by Crippen LogP contribution is -2.35. The van der Waals surface area contributed by atoms with Crippen molar-refractivity contribution in [3.8, 4) is 0 Å². The van der Waals surface area contributed by atoms with Gasteiger partial charge in [0.15, 0.2) is 0 Å². The molecule has 0 aliphatic rings. The number of aromatic amines is 1. The fourth-order valence-corrected chi connectivity index (χ4v) is 1.42. The van der Waals surface area contributed by atoms with Crippen molar-refractivity contribution >= 4 is 23.4 Å². The highest BCUT2D eigenvalue weighted by Gasteiger charge is 2.12. The van der Waals surface area contributed by atoms with E-state index in [1.54, 1.807) is 24.2 Å². The molecular weight excluding hydrogens is 200 g/mol. The van der Waals surface area contributed by atoms with Gasteiger partial charge in [0.2, 0.25) is 5.91 Å². The maximum absolute atomic E-state index is 11.4. The molecule has 0 spiro atoms. The summed E-state index contributed by atoms with van der Waals surface area (Å²) in [6.45, 7) is 0. The van der Waals surface area contributed by atoms with Gasteiger partial charge in [0, 0.05) is 6.20 Å². The van der Waals surface area contributed by atoms with Crippen LogP contribution < -0.4 is 11.1 Å². The minimum Gasteiger partial charge on any atom is -0.322 e. The van der Waals surface area contributed by atoms with Crippen LogP contribution in [0.5, 0.6) is 0 Å². The maximum atomic E-state index is 11.4. The molecule has 5 nitrogen and oxygen atoms in total. The predicted octanol–water partition coefficient (Wildman–Crippen LogP) is 0.429. The molecule has 0 radical (unpaired) electrons. The van der Waals surface area contributed by atoms with Crippen LogP contribution in [0.15, 0.2) is 12.4 Å². The number of hydrogen-bond donors (Lipinski definition) is 3. The van der Waals surface area contributed by atoms with Crippen molar-refractivity contribution in [1.29, 1.82) is 0 Å². The summed E-state index contributed by atoms with van der Waals surface area (Å²) >= 11 is 1.68. The second-order valence-corrected chi connectivity index (χ2v) is 3.85. The van der Waals surface area contributed by atoms with Crippen LogP contribution in [0.3, 0.4) is 0 Å². The Bertz CT molecular complexity index is 275. The summed E-state index contributed by atoms with van der Waals surface area (Å²) in [5, 5.41) is 8.98. The Labute approximate surface area is 86.8 Å². The topological polar surface area (TPSA) is 83.8 Å². The Morgan fingerprint density at radius 2 is 2.64 bits per heavy atom. The van der Waals surface area contributed by atoms with E-state index in [4.69, 9.17) is 5.73 Å². The average Bonchev–Trinajstić information content (AvgIpc) is 2.66. The van der Waals surface area contributed by atoms with Gasteiger partial charge in [0.05, 0.1) is 17.9 Å². The molecule has 78 valence electrons. The van der Waals surface area contributed by atoms with Crippen LogP contribution in [0.2, 0.25) is 0 Å². The molecule has 0 fully saturated rings. The Balaban J connectivity index is 2.34. The van der Waals surface area contributed by atoms with Crippen molar-refractivity contribution in [2.45, 2.75) is 12.5 Å². The number of hydrogen-bond acceptors (Lipinski definition) is 4. The van der Waals surface area contributed by atoms with Crippen molar-refractivity contribution in [2.24, 2.45) is 5.73 Å². The number of thioether (sulfide) groups is 1. The Hall–Kier alpha value is -1.01. The van der Waals surface area contributed by atoms with Crippen LogP contribution in [-0.4, -0.2) is 34.2 Å². The standard InChI is InChI=1S/C8H14N4OS/c1-14-3-2-7(9)8(13)12-6-4-10-11-5-6/h4-5,7H,2-3,9H2,1H3,(H,10,11)(H,12,13)/t7-/m1/s1. The maximum Gasteiger partial charge on any atom is 0.241 e. The van der Waals surface area contributed by atoms with E-state index in [9.17, 15) is 4.79 Å². The molecule has 14 heavy (non-hydrogen) atoms. The van der Waals surface area contributed by atoms with Gasteiger partial charge in [-0.05, 0) is 18.4 Å². The lowest BCUT2D eigenvalue weighted by Gasteiger charge is -2.09. The molecule has 1 heterocycles. The van der Waals surface area contributed by atoms with Gasteiger partial charge in [-0.2, -0.15) is 16.9 Å². The minimum atomic E-state index is -0.447. The van der Waals surface area contributed by atoms with Gasteiger partial charge in [0.1, 0.15) is 0 Å². The summed E-state index contributed by atoms with van der Waals surface area (Å²) in [6, 6.07) is -0.447. The fourth-order valence-electron chi connectivity index (χ4n) is 0.930. The van der Waals surface area contributed by atoms with Crippen molar-refractivity contribution < 1.29 is 4.79 Å². The predicted molar refractivity (Wildman–Crippen MR) is 58.2 cm³/mol. The lowest BCUT2D eigenvalue weighted by molar-refractivity contribution is -0.117. The molecule has 6 heteroatoms. The van der Waals surface area contributed by atoms with Gasteiger partial charge in [-0.3, -0.25) is 9.89 Å². The first-order valence-corrected chi connectivity index (χ1v) is 5.67. The number of nitrogens with one attached hydrogen (secondary N) is 2. The normalized spacial score (nSPS) is 12.4. The summed E-state index contributed by atoms with van der Waals surface area (Å²) in [5.74, 6) is 0.723. The average molecular weight is 214 g/mol. The molecule has 4 N–H and O–H groups in total. The monoisotopic (exact) mass is 214 g/mol. The van der Waals surface area contributed by atoms with Gasteiger partial charge < -0.3 is 11.1 Å². The Morgan fingerprint density at radius 3 is 3.21 bits per heavy atom. The van der Waals surface area contributed by atoms with Crippen molar-refractivity contribution in [2.75, 3.05) is 17.3 Å². The highest BCUT2D eigenvalue weighted by molar-refractivity contribution is 7.98. The van der Waals surface area contributed by atoms with E-state index >= 15 is 0 Å². The van der Waals surface area contributed by atoms with Gasteiger partial charge >= 0.3 is 0 Å². The van der Waals surface area contributed by atoms with Crippen LogP contribution in [0.25, 0.3) is 0 Å². The summed E-state index contributed by atoms with van der Waals surface area (Å²) in [7, 11) is 0. The first kappa shape index (κ1) is 11.1. The highest BCUT2D eigenvalue weighted by Crippen LogP contribution is 2.04. The number of nitrogens with zero attached hydrogens (tertiary/aromatic N) is 1. The first-order valence-electron chi connectivity index (χ1n) is 4.28. The molecule has 0 aliphatic heterocycles. The zero-order chi connectivity index (χ0) is 10.4. The second-order valence-electron chi connectivity index (χ2n) is 2.86. The third kappa shape index (κ3) is 3.39. The van der Waals surface area contributed by atoms with Gasteiger partial charge in [-0.1, -0.05) is 0 Å². The molecule has 0 saturated carbocycles. The van der Waals surface area contributed by atoms with Crippen molar-refractivity contribution in [1.82, 2.24) is 10.2 Å². The molecule has 1 aromatic heterocycles. The molecular formula is C8H14N4OS. The molecule has 1 rings (SSSR count). The summed E-state index contributed by atoms with van der Waals surface area (Å²) in [6.07, 6.45) is 5.82. The summed E-state index contributed by atoms with van der Waals surface area (Å²) < 4.78 is 0. The van der Waals surface area contributed by atoms with E-state index in [2.05, 4.69) is 15.5 Å². The van der Waals surface area contributed by atoms with E-state index < -0.39 is 6.04 Å². The summed E-state index contributed by atoms with van der Waals surface area (Å²) in [5.41, 5.74) is 6.31. The van der Waals surface area contributed by atoms with Gasteiger partial charge in [-0.15, -0.1) is 0 Å². The highest BCUT2D eigenvalue weighted by atomic mass is 32.2. The number of nitrogens with two attached hydrogens (primary N) is 1. The van der Waals surface area contributed by atoms with Gasteiger partial charge in [0.25, 0.3) is 0 Å². The Morgan fingerprint density at radius 1 is 1.86 bits per heavy atom. The van der Waals surface area contributed by atoms with E-state index in [0.29, 0.717) is 12.1 Å². The van der Waals surface area contributed by atoms with E-state index in [0.717, 1.165) is 5.75 Å². The van der Waals surface area contributed by atoms with E-state index in [-0.39, 0.29) is 5.91 Å². The lowest BCUT2D eigenvalue weighted by atomic mass is 10.2.